The van der Waals surface area contributed by atoms with Gasteiger partial charge in [-0.2, -0.15) is 0 Å². The van der Waals surface area contributed by atoms with Crippen LogP contribution in [0, 0.1) is 0 Å². The maximum Gasteiger partial charge on any atom is 0.338 e. The van der Waals surface area contributed by atoms with Crippen molar-refractivity contribution in [3.05, 3.63) is 251 Å². The second-order valence-electron chi connectivity index (χ2n) is 21.3. The summed E-state index contributed by atoms with van der Waals surface area (Å²) in [6.07, 6.45) is -29.6. The normalized spacial score (nSPS) is 18.3. The minimum Gasteiger partial charge on any atom is -0.462 e. The zero-order valence-electron chi connectivity index (χ0n) is 51.6. The maximum absolute atomic E-state index is 14.3. The van der Waals surface area contributed by atoms with Gasteiger partial charge in [0.2, 0.25) is 0 Å². The van der Waals surface area contributed by atoms with Gasteiger partial charge in [-0.3, -0.25) is 9.59 Å². The van der Waals surface area contributed by atoms with Gasteiger partial charge in [0.05, 0.1) is 58.8 Å². The first-order chi connectivity index (χ1) is 46.3. The Kier molecular flexibility index (Phi) is 26.5. The molecule has 25 nitrogen and oxygen atoms in total. The van der Waals surface area contributed by atoms with Crippen LogP contribution in [0.4, 0.5) is 0 Å². The van der Waals surface area contributed by atoms with Crippen LogP contribution in [0.5, 0.6) is 0 Å². The molecule has 13 unspecified atom stereocenters. The van der Waals surface area contributed by atoms with Crippen LogP contribution in [-0.2, 0) is 66.4 Å². The Balaban J connectivity index is 1.15. The lowest BCUT2D eigenvalue weighted by molar-refractivity contribution is -0.333. The van der Waals surface area contributed by atoms with E-state index in [1.54, 1.807) is 66.7 Å². The molecule has 0 spiro atoms. The summed E-state index contributed by atoms with van der Waals surface area (Å²) in [4.78, 5) is 123. The molecule has 1 aliphatic heterocycles. The van der Waals surface area contributed by atoms with E-state index in [0.29, 0.717) is 0 Å². The van der Waals surface area contributed by atoms with Gasteiger partial charge in [-0.05, 0) is 84.9 Å². The van der Waals surface area contributed by atoms with Crippen LogP contribution in [0.3, 0.4) is 0 Å². The van der Waals surface area contributed by atoms with Gasteiger partial charge in [0, 0.05) is 26.7 Å². The highest BCUT2D eigenvalue weighted by Crippen LogP contribution is 2.32. The van der Waals surface area contributed by atoms with E-state index in [1.165, 1.54) is 146 Å². The lowest BCUT2D eigenvalue weighted by Crippen LogP contribution is -2.64. The summed E-state index contributed by atoms with van der Waals surface area (Å²) in [7, 11) is 0. The van der Waals surface area contributed by atoms with Gasteiger partial charge in [-0.15, -0.1) is 0 Å². The van der Waals surface area contributed by atoms with Crippen molar-refractivity contribution in [2.75, 3.05) is 19.8 Å². The molecule has 0 saturated carbocycles. The van der Waals surface area contributed by atoms with Crippen LogP contribution in [-0.4, -0.2) is 174 Å². The number of carbonyl (C=O) groups excluding carboxylic acids is 9. The third kappa shape index (κ3) is 20.5. The lowest BCUT2D eigenvalue weighted by atomic mass is 9.97. The van der Waals surface area contributed by atoms with Crippen LogP contribution in [0.2, 0.25) is 0 Å². The van der Waals surface area contributed by atoms with E-state index >= 15 is 0 Å². The van der Waals surface area contributed by atoms with Crippen LogP contribution >= 0.6 is 0 Å². The summed E-state index contributed by atoms with van der Waals surface area (Å²) >= 11 is 0. The number of carbonyl (C=O) groups is 9. The van der Waals surface area contributed by atoms with E-state index in [0.717, 1.165) is 13.8 Å². The number of rotatable bonds is 31. The number of hydrogen-bond acceptors (Lipinski definition) is 25. The smallest absolute Gasteiger partial charge is 0.338 e. The SMILES string of the molecule is CC(=O)OC1C(O)OC(COC(O)C(OC(=O)c2ccccc2)C(OC(=O)c2ccccc2)C(CCOC(=O)c2ccccc2)OC(=O)c2ccccc2)C(OC(C)=O)C1OC(O)C(OC(=O)c1ccccc1)C(O)C(CCOC(=O)c1ccccc1)OC(=O)c1ccccc1. The summed E-state index contributed by atoms with van der Waals surface area (Å²) in [6, 6.07) is 52.2. The van der Waals surface area contributed by atoms with Gasteiger partial charge < -0.3 is 77.3 Å². The minimum absolute atomic E-state index is 0.0201. The second-order valence-corrected chi connectivity index (χ2v) is 21.3. The van der Waals surface area contributed by atoms with Crippen LogP contribution < -0.4 is 0 Å². The summed E-state index contributed by atoms with van der Waals surface area (Å²) in [6.45, 7) is -0.377. The van der Waals surface area contributed by atoms with Crippen LogP contribution in [0.1, 0.15) is 99.2 Å². The molecule has 1 fully saturated rings. The van der Waals surface area contributed by atoms with Crippen molar-refractivity contribution in [2.45, 2.75) is 107 Å². The molecule has 0 aromatic heterocycles. The van der Waals surface area contributed by atoms with Gasteiger partial charge >= 0.3 is 53.7 Å². The van der Waals surface area contributed by atoms with Gasteiger partial charge in [0.25, 0.3) is 0 Å². The molecule has 1 saturated heterocycles. The zero-order valence-corrected chi connectivity index (χ0v) is 51.6. The van der Waals surface area contributed by atoms with Crippen molar-refractivity contribution < 1.29 is 120 Å². The molecule has 0 amide bonds. The zero-order chi connectivity index (χ0) is 68.5. The molecular formula is C71H68O25. The fourth-order valence-electron chi connectivity index (χ4n) is 9.81. The van der Waals surface area contributed by atoms with E-state index in [-0.39, 0.29) is 38.9 Å². The van der Waals surface area contributed by atoms with Gasteiger partial charge in [-0.1, -0.05) is 127 Å². The molecule has 13 atom stereocenters. The van der Waals surface area contributed by atoms with Crippen molar-refractivity contribution in [3.63, 3.8) is 0 Å². The molecule has 4 N–H and O–H groups in total. The summed E-state index contributed by atoms with van der Waals surface area (Å²) in [5.74, 6) is -9.42. The van der Waals surface area contributed by atoms with E-state index in [4.69, 9.17) is 56.8 Å². The van der Waals surface area contributed by atoms with E-state index < -0.39 is 166 Å². The highest BCUT2D eigenvalue weighted by Gasteiger charge is 2.54. The fourth-order valence-corrected chi connectivity index (χ4v) is 9.81. The molecule has 0 aliphatic carbocycles. The van der Waals surface area contributed by atoms with Gasteiger partial charge in [-0.25, -0.2) is 33.6 Å². The summed E-state index contributed by atoms with van der Waals surface area (Å²) < 4.78 is 69.8. The minimum atomic E-state index is -2.68. The molecular weight excluding hydrogens is 1250 g/mol. The molecule has 0 radical (unpaired) electrons. The highest BCUT2D eigenvalue weighted by atomic mass is 16.7. The summed E-state index contributed by atoms with van der Waals surface area (Å²) in [5, 5.41) is 49.0. The van der Waals surface area contributed by atoms with E-state index in [2.05, 4.69) is 0 Å². The predicted octanol–water partition coefficient (Wildman–Crippen LogP) is 6.59. The average molecular weight is 1320 g/mol. The fraction of sp³-hybridized carbons (Fsp3) is 0.282. The summed E-state index contributed by atoms with van der Waals surface area (Å²) in [5.41, 5.74) is -0.106. The first-order valence-corrected chi connectivity index (χ1v) is 30.1. The third-order valence-electron chi connectivity index (χ3n) is 14.5. The molecule has 1 heterocycles. The third-order valence-corrected chi connectivity index (χ3v) is 14.5. The van der Waals surface area contributed by atoms with Crippen molar-refractivity contribution in [3.8, 4) is 0 Å². The predicted molar refractivity (Wildman–Crippen MR) is 332 cm³/mol. The molecule has 96 heavy (non-hydrogen) atoms. The number of aliphatic hydroxyl groups is 4. The molecule has 8 rings (SSSR count). The largest absolute Gasteiger partial charge is 0.462 e. The second kappa shape index (κ2) is 35.7. The Morgan fingerprint density at radius 2 is 0.688 bits per heavy atom. The average Bonchev–Trinajstić information content (AvgIpc) is 0.806. The number of esters is 9. The van der Waals surface area contributed by atoms with Crippen molar-refractivity contribution in [1.29, 1.82) is 0 Å². The highest BCUT2D eigenvalue weighted by molar-refractivity contribution is 5.93. The topological polar surface area (TPSA) is 345 Å². The molecule has 7 aromatic carbocycles. The van der Waals surface area contributed by atoms with Crippen molar-refractivity contribution in [2.24, 2.45) is 0 Å². The Hall–Kier alpha value is -10.5. The number of ether oxygens (including phenoxy) is 12. The molecule has 7 aromatic rings. The standard InChI is InChI=1S/C71H68O25/c1-43(72)88-57-54(42-87-69(82)60(96-68(81)51-36-22-9-23-37-51)56(93-66(79)49-32-18-7-19-33-49)53(91-65(78)48-30-16-6-17-31-48)39-41-86-63(76)46-26-12-4-13-27-46)92-71(84)61(89-44(2)73)59(57)95-70(83)58(94-67(80)50-34-20-8-21-35-50)55(74)52(90-64(77)47-28-14-5-15-29-47)38-40-85-62(75)45-24-10-3-11-25-45/h3-37,52-61,69-71,74,82-84H,38-42H2,1-2H3. The van der Waals surface area contributed by atoms with Crippen LogP contribution in [0.25, 0.3) is 0 Å². The quantitative estimate of drug-likeness (QED) is 0.0202. The Morgan fingerprint density at radius 1 is 0.375 bits per heavy atom. The van der Waals surface area contributed by atoms with Crippen molar-refractivity contribution in [1.82, 2.24) is 0 Å². The number of hydrogen-bond donors (Lipinski definition) is 4. The van der Waals surface area contributed by atoms with Gasteiger partial charge in [0.15, 0.2) is 49.4 Å². The number of aliphatic hydroxyl groups excluding tert-OH is 4. The number of benzene rings is 7. The maximum atomic E-state index is 14.3. The van der Waals surface area contributed by atoms with E-state index in [9.17, 15) is 63.6 Å². The van der Waals surface area contributed by atoms with Crippen molar-refractivity contribution >= 4 is 53.7 Å². The first-order valence-electron chi connectivity index (χ1n) is 30.1. The Bertz CT molecular complexity index is 3660. The lowest BCUT2D eigenvalue weighted by Gasteiger charge is -2.45. The van der Waals surface area contributed by atoms with E-state index in [1.807, 2.05) is 0 Å². The monoisotopic (exact) mass is 1320 g/mol. The van der Waals surface area contributed by atoms with Gasteiger partial charge in [0.1, 0.15) is 30.5 Å². The molecule has 1 aliphatic rings. The Morgan fingerprint density at radius 3 is 1.06 bits per heavy atom. The molecule has 502 valence electrons. The van der Waals surface area contributed by atoms with Crippen LogP contribution in [0.15, 0.2) is 212 Å². The first kappa shape index (κ1) is 71.3. The molecule has 25 heteroatoms. The Labute approximate surface area is 549 Å². The molecule has 0 bridgehead atoms.